The van der Waals surface area contributed by atoms with E-state index in [-0.39, 0.29) is 12.8 Å². The van der Waals surface area contributed by atoms with Gasteiger partial charge in [0.05, 0.1) is 22.4 Å². The van der Waals surface area contributed by atoms with E-state index in [2.05, 4.69) is 5.32 Å². The van der Waals surface area contributed by atoms with Gasteiger partial charge in [0, 0.05) is 6.04 Å². The summed E-state index contributed by atoms with van der Waals surface area (Å²) >= 11 is 11.6. The summed E-state index contributed by atoms with van der Waals surface area (Å²) in [6.45, 7) is 0. The van der Waals surface area contributed by atoms with Crippen LogP contribution in [0, 0.1) is 5.92 Å². The lowest BCUT2D eigenvalue weighted by molar-refractivity contribution is -0.189. The number of halogens is 5. The lowest BCUT2D eigenvalue weighted by atomic mass is 9.84. The van der Waals surface area contributed by atoms with Crippen LogP contribution in [0.3, 0.4) is 0 Å². The first-order valence-electron chi connectivity index (χ1n) is 7.07. The fraction of sp³-hybridized carbons (Fsp3) is 0.533. The Hall–Kier alpha value is -0.940. The zero-order chi connectivity index (χ0) is 16.3. The molecule has 2 nitrogen and oxygen atoms in total. The topological polar surface area (TPSA) is 29.1 Å². The Bertz CT molecular complexity index is 548. The van der Waals surface area contributed by atoms with E-state index in [4.69, 9.17) is 23.2 Å². The third-order valence-electron chi connectivity index (χ3n) is 3.88. The van der Waals surface area contributed by atoms with Crippen LogP contribution in [-0.4, -0.2) is 18.1 Å². The normalized spacial score (nSPS) is 22.4. The lowest BCUT2D eigenvalue weighted by Gasteiger charge is -2.33. The summed E-state index contributed by atoms with van der Waals surface area (Å²) in [5.74, 6) is -1.89. The molecule has 2 rings (SSSR count). The highest BCUT2D eigenvalue weighted by molar-refractivity contribution is 6.42. The Morgan fingerprint density at radius 2 is 1.86 bits per heavy atom. The molecule has 7 heteroatoms. The predicted molar refractivity (Wildman–Crippen MR) is 80.1 cm³/mol. The Labute approximate surface area is 137 Å². The average Bonchev–Trinajstić information content (AvgIpc) is 2.42. The zero-order valence-corrected chi connectivity index (χ0v) is 13.2. The van der Waals surface area contributed by atoms with E-state index >= 15 is 0 Å². The summed E-state index contributed by atoms with van der Waals surface area (Å²) < 4.78 is 38.9. The van der Waals surface area contributed by atoms with Gasteiger partial charge >= 0.3 is 6.18 Å². The molecule has 0 heterocycles. The number of nitrogens with one attached hydrogen (secondary N) is 1. The highest BCUT2D eigenvalue weighted by Crippen LogP contribution is 2.37. The quantitative estimate of drug-likeness (QED) is 0.832. The third-order valence-corrected chi connectivity index (χ3v) is 4.62. The summed E-state index contributed by atoms with van der Waals surface area (Å²) in [4.78, 5) is 12.0. The molecule has 0 saturated heterocycles. The fourth-order valence-corrected chi connectivity index (χ4v) is 3.11. The number of amides is 1. The van der Waals surface area contributed by atoms with E-state index in [1.54, 1.807) is 18.2 Å². The maximum atomic E-state index is 13.0. The molecule has 1 aromatic rings. The van der Waals surface area contributed by atoms with Crippen LogP contribution in [0.5, 0.6) is 0 Å². The van der Waals surface area contributed by atoms with E-state index in [9.17, 15) is 18.0 Å². The minimum atomic E-state index is -4.28. The molecular weight excluding hydrogens is 338 g/mol. The Morgan fingerprint density at radius 1 is 1.18 bits per heavy atom. The number of carbonyl (C=O) groups excluding carboxylic acids is 1. The lowest BCUT2D eigenvalue weighted by Crippen LogP contribution is -2.48. The molecule has 22 heavy (non-hydrogen) atoms. The summed E-state index contributed by atoms with van der Waals surface area (Å²) in [5.41, 5.74) is 0.617. The van der Waals surface area contributed by atoms with Crippen molar-refractivity contribution in [3.05, 3.63) is 33.8 Å². The van der Waals surface area contributed by atoms with Crippen molar-refractivity contribution in [3.8, 4) is 0 Å². The second-order valence-corrected chi connectivity index (χ2v) is 6.35. The average molecular weight is 354 g/mol. The van der Waals surface area contributed by atoms with Gasteiger partial charge in [0.25, 0.3) is 0 Å². The molecule has 1 amide bonds. The van der Waals surface area contributed by atoms with Crippen molar-refractivity contribution in [1.82, 2.24) is 5.32 Å². The molecule has 0 bridgehead atoms. The van der Waals surface area contributed by atoms with Crippen LogP contribution >= 0.6 is 23.2 Å². The van der Waals surface area contributed by atoms with E-state index in [0.29, 0.717) is 34.9 Å². The van der Waals surface area contributed by atoms with Gasteiger partial charge < -0.3 is 5.32 Å². The second kappa shape index (κ2) is 7.09. The van der Waals surface area contributed by atoms with Crippen LogP contribution in [0.15, 0.2) is 18.2 Å². The second-order valence-electron chi connectivity index (χ2n) is 5.53. The smallest absolute Gasteiger partial charge is 0.352 e. The van der Waals surface area contributed by atoms with Crippen LogP contribution in [0.1, 0.15) is 31.2 Å². The minimum Gasteiger partial charge on any atom is -0.352 e. The van der Waals surface area contributed by atoms with Crippen LogP contribution in [0.25, 0.3) is 0 Å². The molecule has 1 aliphatic carbocycles. The largest absolute Gasteiger partial charge is 0.393 e. The Kier molecular flexibility index (Phi) is 5.61. The van der Waals surface area contributed by atoms with Crippen molar-refractivity contribution < 1.29 is 18.0 Å². The molecule has 1 fully saturated rings. The standard InChI is InChI=1S/C15H16Cl2F3NO/c16-11-6-5-9(7-12(11)17)8-14(22)21-13-4-2-1-3-10(13)15(18,19)20/h5-7,10,13H,1-4,8H2,(H,21,22)/t10-,13+/m1/s1. The Balaban J connectivity index is 1.99. The van der Waals surface area contributed by atoms with E-state index < -0.39 is 24.0 Å². The van der Waals surface area contributed by atoms with Gasteiger partial charge in [-0.1, -0.05) is 42.1 Å². The number of hydrogen-bond donors (Lipinski definition) is 1. The number of rotatable bonds is 3. The van der Waals surface area contributed by atoms with Crippen LogP contribution in [0.2, 0.25) is 10.0 Å². The number of benzene rings is 1. The highest BCUT2D eigenvalue weighted by atomic mass is 35.5. The molecule has 1 saturated carbocycles. The molecular formula is C15H16Cl2F3NO. The van der Waals surface area contributed by atoms with E-state index in [0.717, 1.165) is 0 Å². The number of hydrogen-bond acceptors (Lipinski definition) is 1. The van der Waals surface area contributed by atoms with Crippen molar-refractivity contribution in [2.24, 2.45) is 5.92 Å². The monoisotopic (exact) mass is 353 g/mol. The van der Waals surface area contributed by atoms with Gasteiger partial charge in [0.2, 0.25) is 5.91 Å². The van der Waals surface area contributed by atoms with Gasteiger partial charge in [0.15, 0.2) is 0 Å². The van der Waals surface area contributed by atoms with Crippen molar-refractivity contribution in [3.63, 3.8) is 0 Å². The van der Waals surface area contributed by atoms with E-state index in [1.165, 1.54) is 0 Å². The molecule has 1 aliphatic rings. The summed E-state index contributed by atoms with van der Waals surface area (Å²) in [6.07, 6.45) is -2.62. The zero-order valence-electron chi connectivity index (χ0n) is 11.7. The first-order chi connectivity index (χ1) is 10.3. The maximum absolute atomic E-state index is 13.0. The van der Waals surface area contributed by atoms with Gasteiger partial charge in [-0.3, -0.25) is 4.79 Å². The van der Waals surface area contributed by atoms with Gasteiger partial charge in [0.1, 0.15) is 0 Å². The van der Waals surface area contributed by atoms with E-state index in [1.807, 2.05) is 0 Å². The molecule has 0 spiro atoms. The molecule has 122 valence electrons. The predicted octanol–water partition coefficient (Wildman–Crippen LogP) is 4.77. The Morgan fingerprint density at radius 3 is 2.50 bits per heavy atom. The minimum absolute atomic E-state index is 0.0159. The summed E-state index contributed by atoms with van der Waals surface area (Å²) in [7, 11) is 0. The number of alkyl halides is 3. The van der Waals surface area contributed by atoms with Gasteiger partial charge in [-0.05, 0) is 30.5 Å². The summed E-state index contributed by atoms with van der Waals surface area (Å²) in [6, 6.07) is 3.90. The van der Waals surface area contributed by atoms with Crippen molar-refractivity contribution in [2.45, 2.75) is 44.3 Å². The van der Waals surface area contributed by atoms with Gasteiger partial charge in [-0.15, -0.1) is 0 Å². The molecule has 0 aliphatic heterocycles. The molecule has 1 aromatic carbocycles. The van der Waals surface area contributed by atoms with Crippen LogP contribution < -0.4 is 5.32 Å². The van der Waals surface area contributed by atoms with Crippen LogP contribution in [0.4, 0.5) is 13.2 Å². The van der Waals surface area contributed by atoms with Crippen LogP contribution in [-0.2, 0) is 11.2 Å². The van der Waals surface area contributed by atoms with Crippen molar-refractivity contribution in [1.29, 1.82) is 0 Å². The number of carbonyl (C=O) groups is 1. The molecule has 0 unspecified atom stereocenters. The third kappa shape index (κ3) is 4.53. The van der Waals surface area contributed by atoms with Gasteiger partial charge in [-0.25, -0.2) is 0 Å². The fourth-order valence-electron chi connectivity index (χ4n) is 2.79. The van der Waals surface area contributed by atoms with Crippen molar-refractivity contribution in [2.75, 3.05) is 0 Å². The molecule has 1 N–H and O–H groups in total. The SMILES string of the molecule is O=C(Cc1ccc(Cl)c(Cl)c1)N[C@H]1CCCC[C@H]1C(F)(F)F. The summed E-state index contributed by atoms with van der Waals surface area (Å²) in [5, 5.41) is 3.21. The molecule has 2 atom stereocenters. The highest BCUT2D eigenvalue weighted by Gasteiger charge is 2.45. The first kappa shape index (κ1) is 17.4. The van der Waals surface area contributed by atoms with Gasteiger partial charge in [-0.2, -0.15) is 13.2 Å². The molecule has 0 aromatic heterocycles. The molecule has 0 radical (unpaired) electrons. The first-order valence-corrected chi connectivity index (χ1v) is 7.83. The maximum Gasteiger partial charge on any atom is 0.393 e. The van der Waals surface area contributed by atoms with Crippen molar-refractivity contribution >= 4 is 29.1 Å².